The molecule has 2 aromatic carbocycles. The van der Waals surface area contributed by atoms with Crippen LogP contribution in [0.25, 0.3) is 10.2 Å². The molecule has 0 saturated carbocycles. The third-order valence-corrected chi connectivity index (χ3v) is 5.53. The number of benzene rings is 2. The van der Waals surface area contributed by atoms with Gasteiger partial charge in [-0.1, -0.05) is 43.4 Å². The molecule has 3 aromatic rings. The van der Waals surface area contributed by atoms with Crippen molar-refractivity contribution in [3.8, 4) is 5.75 Å². The van der Waals surface area contributed by atoms with Crippen LogP contribution < -0.4 is 14.9 Å². The molecule has 0 spiro atoms. The fourth-order valence-corrected chi connectivity index (χ4v) is 4.21. The van der Waals surface area contributed by atoms with Crippen molar-refractivity contribution in [1.29, 1.82) is 0 Å². The summed E-state index contributed by atoms with van der Waals surface area (Å²) in [5.74, 6) is 0.804. The van der Waals surface area contributed by atoms with E-state index in [-0.39, 0.29) is 16.8 Å². The predicted octanol–water partition coefficient (Wildman–Crippen LogP) is 5.17. The third kappa shape index (κ3) is 4.12. The van der Waals surface area contributed by atoms with Crippen LogP contribution in [0.15, 0.2) is 47.3 Å². The number of para-hydroxylation sites is 1. The van der Waals surface area contributed by atoms with Crippen LogP contribution in [0.1, 0.15) is 52.1 Å². The molecule has 0 aliphatic heterocycles. The summed E-state index contributed by atoms with van der Waals surface area (Å²) in [5.41, 5.74) is 2.61. The second-order valence-electron chi connectivity index (χ2n) is 7.46. The minimum atomic E-state index is -0.644. The van der Waals surface area contributed by atoms with Gasteiger partial charge in [-0.05, 0) is 56.5 Å². The summed E-state index contributed by atoms with van der Waals surface area (Å²) in [6.07, 6.45) is -0.644. The molecular formula is C22H26N2O3S. The van der Waals surface area contributed by atoms with Gasteiger partial charge in [-0.3, -0.25) is 14.2 Å². The van der Waals surface area contributed by atoms with E-state index in [1.165, 1.54) is 11.3 Å². The van der Waals surface area contributed by atoms with E-state index in [0.29, 0.717) is 11.6 Å². The standard InChI is InChI=1S/C22H26N2O3S/c1-13(2)17-8-6-7-9-19(17)27-15(5)21(25)23-16-10-11-18-20(12-16)28-22(26)24(18)14(3)4/h6-15H,1-5H3,(H,23,25). The number of thiazole rings is 1. The van der Waals surface area contributed by atoms with E-state index >= 15 is 0 Å². The number of fused-ring (bicyclic) bond motifs is 1. The molecular weight excluding hydrogens is 372 g/mol. The quantitative estimate of drug-likeness (QED) is 0.623. The molecule has 1 amide bonds. The molecule has 5 nitrogen and oxygen atoms in total. The largest absolute Gasteiger partial charge is 0.481 e. The maximum atomic E-state index is 12.6. The Bertz CT molecular complexity index is 1050. The highest BCUT2D eigenvalue weighted by Gasteiger charge is 2.18. The molecule has 3 rings (SSSR count). The highest BCUT2D eigenvalue weighted by Crippen LogP contribution is 2.27. The Morgan fingerprint density at radius 2 is 1.79 bits per heavy atom. The number of nitrogens with zero attached hydrogens (tertiary/aromatic N) is 1. The Labute approximate surface area is 169 Å². The molecule has 0 aliphatic carbocycles. The summed E-state index contributed by atoms with van der Waals surface area (Å²) >= 11 is 1.19. The van der Waals surface area contributed by atoms with E-state index in [0.717, 1.165) is 21.5 Å². The van der Waals surface area contributed by atoms with Gasteiger partial charge < -0.3 is 10.1 Å². The number of ether oxygens (including phenoxy) is 1. The van der Waals surface area contributed by atoms with E-state index in [4.69, 9.17) is 4.74 Å². The second kappa shape index (κ2) is 8.19. The van der Waals surface area contributed by atoms with Crippen LogP contribution in [0.3, 0.4) is 0 Å². The number of hydrogen-bond acceptors (Lipinski definition) is 4. The molecule has 1 atom stereocenters. The number of amides is 1. The van der Waals surface area contributed by atoms with Crippen molar-refractivity contribution in [2.45, 2.75) is 52.7 Å². The van der Waals surface area contributed by atoms with Gasteiger partial charge in [0.2, 0.25) is 0 Å². The minimum Gasteiger partial charge on any atom is -0.481 e. The Morgan fingerprint density at radius 3 is 2.46 bits per heavy atom. The summed E-state index contributed by atoms with van der Waals surface area (Å²) in [4.78, 5) is 24.8. The zero-order chi connectivity index (χ0) is 20.4. The van der Waals surface area contributed by atoms with Crippen LogP contribution in [0.5, 0.6) is 5.75 Å². The fraction of sp³-hybridized carbons (Fsp3) is 0.364. The monoisotopic (exact) mass is 398 g/mol. The van der Waals surface area contributed by atoms with Gasteiger partial charge in [-0.2, -0.15) is 0 Å². The maximum absolute atomic E-state index is 12.6. The van der Waals surface area contributed by atoms with Crippen molar-refractivity contribution < 1.29 is 9.53 Å². The number of aromatic nitrogens is 1. The van der Waals surface area contributed by atoms with Crippen molar-refractivity contribution in [2.75, 3.05) is 5.32 Å². The highest BCUT2D eigenvalue weighted by atomic mass is 32.1. The molecule has 0 radical (unpaired) electrons. The van der Waals surface area contributed by atoms with Crippen molar-refractivity contribution >= 4 is 33.1 Å². The maximum Gasteiger partial charge on any atom is 0.308 e. The zero-order valence-electron chi connectivity index (χ0n) is 16.9. The lowest BCUT2D eigenvalue weighted by Crippen LogP contribution is -2.30. The van der Waals surface area contributed by atoms with Crippen LogP contribution in [-0.2, 0) is 4.79 Å². The smallest absolute Gasteiger partial charge is 0.308 e. The SMILES string of the molecule is CC(Oc1ccccc1C(C)C)C(=O)Nc1ccc2c(c1)sc(=O)n2C(C)C. The van der Waals surface area contributed by atoms with Gasteiger partial charge in [0.25, 0.3) is 5.91 Å². The first-order valence-electron chi connectivity index (χ1n) is 9.49. The van der Waals surface area contributed by atoms with E-state index < -0.39 is 6.10 Å². The molecule has 1 aromatic heterocycles. The molecule has 6 heteroatoms. The molecule has 1 heterocycles. The number of carbonyl (C=O) groups is 1. The molecule has 0 saturated heterocycles. The summed E-state index contributed by atoms with van der Waals surface area (Å²) in [6.45, 7) is 9.89. The lowest BCUT2D eigenvalue weighted by Gasteiger charge is -2.18. The number of carbonyl (C=O) groups excluding carboxylic acids is 1. The summed E-state index contributed by atoms with van der Waals surface area (Å²) in [7, 11) is 0. The first-order valence-corrected chi connectivity index (χ1v) is 10.3. The second-order valence-corrected chi connectivity index (χ2v) is 8.45. The molecule has 148 valence electrons. The van der Waals surface area contributed by atoms with E-state index in [1.54, 1.807) is 11.5 Å². The Kier molecular flexibility index (Phi) is 5.89. The Morgan fingerprint density at radius 1 is 1.07 bits per heavy atom. The van der Waals surface area contributed by atoms with Gasteiger partial charge in [0.15, 0.2) is 6.10 Å². The first-order chi connectivity index (χ1) is 13.3. The lowest BCUT2D eigenvalue weighted by atomic mass is 10.0. The molecule has 28 heavy (non-hydrogen) atoms. The summed E-state index contributed by atoms with van der Waals surface area (Å²) < 4.78 is 8.54. The van der Waals surface area contributed by atoms with Crippen molar-refractivity contribution in [3.05, 3.63) is 57.7 Å². The predicted molar refractivity (Wildman–Crippen MR) is 116 cm³/mol. The lowest BCUT2D eigenvalue weighted by molar-refractivity contribution is -0.122. The molecule has 0 aliphatic rings. The van der Waals surface area contributed by atoms with Crippen LogP contribution >= 0.6 is 11.3 Å². The van der Waals surface area contributed by atoms with Crippen molar-refractivity contribution in [3.63, 3.8) is 0 Å². The molecule has 0 bridgehead atoms. The van der Waals surface area contributed by atoms with Gasteiger partial charge in [0.05, 0.1) is 10.2 Å². The van der Waals surface area contributed by atoms with Crippen LogP contribution in [0.4, 0.5) is 5.69 Å². The summed E-state index contributed by atoms with van der Waals surface area (Å²) in [6, 6.07) is 13.4. The minimum absolute atomic E-state index is 0.00969. The van der Waals surface area contributed by atoms with Gasteiger partial charge in [-0.15, -0.1) is 0 Å². The number of hydrogen-bond donors (Lipinski definition) is 1. The highest BCUT2D eigenvalue weighted by molar-refractivity contribution is 7.16. The van der Waals surface area contributed by atoms with E-state index in [1.807, 2.05) is 56.3 Å². The van der Waals surface area contributed by atoms with Crippen molar-refractivity contribution in [1.82, 2.24) is 4.57 Å². The third-order valence-electron chi connectivity index (χ3n) is 4.61. The number of anilines is 1. The molecule has 1 N–H and O–H groups in total. The van der Waals surface area contributed by atoms with Crippen molar-refractivity contribution in [2.24, 2.45) is 0 Å². The normalized spacial score (nSPS) is 12.5. The Balaban J connectivity index is 1.76. The van der Waals surface area contributed by atoms with Gasteiger partial charge in [-0.25, -0.2) is 0 Å². The summed E-state index contributed by atoms with van der Waals surface area (Å²) in [5, 5.41) is 2.89. The Hall–Kier alpha value is -2.60. The van der Waals surface area contributed by atoms with Crippen LogP contribution in [0, 0.1) is 0 Å². The van der Waals surface area contributed by atoms with E-state index in [2.05, 4.69) is 19.2 Å². The van der Waals surface area contributed by atoms with Gasteiger partial charge in [0.1, 0.15) is 5.75 Å². The number of rotatable bonds is 6. The first kappa shape index (κ1) is 20.1. The molecule has 1 unspecified atom stereocenters. The number of nitrogens with one attached hydrogen (secondary N) is 1. The van der Waals surface area contributed by atoms with Gasteiger partial charge >= 0.3 is 4.87 Å². The topological polar surface area (TPSA) is 60.3 Å². The van der Waals surface area contributed by atoms with Crippen LogP contribution in [0.2, 0.25) is 0 Å². The average molecular weight is 399 g/mol. The van der Waals surface area contributed by atoms with Crippen LogP contribution in [-0.4, -0.2) is 16.6 Å². The fourth-order valence-electron chi connectivity index (χ4n) is 3.16. The van der Waals surface area contributed by atoms with Gasteiger partial charge in [0, 0.05) is 11.7 Å². The molecule has 0 fully saturated rings. The average Bonchev–Trinajstić information content (AvgIpc) is 2.97. The van der Waals surface area contributed by atoms with E-state index in [9.17, 15) is 9.59 Å². The zero-order valence-corrected chi connectivity index (χ0v) is 17.7.